The average Bonchev–Trinajstić information content (AvgIpc) is 2.83. The summed E-state index contributed by atoms with van der Waals surface area (Å²) in [6, 6.07) is 17.9. The van der Waals surface area contributed by atoms with Crippen LogP contribution in [0.1, 0.15) is 5.56 Å². The van der Waals surface area contributed by atoms with Crippen LogP contribution in [0.2, 0.25) is 0 Å². The second-order valence-corrected chi connectivity index (χ2v) is 6.67. The number of anilines is 1. The Balaban J connectivity index is 1.88. The summed E-state index contributed by atoms with van der Waals surface area (Å²) in [4.78, 5) is 33.1. The van der Waals surface area contributed by atoms with Gasteiger partial charge in [0, 0.05) is 11.8 Å². The van der Waals surface area contributed by atoms with Crippen molar-refractivity contribution in [1.82, 2.24) is 0 Å². The van der Waals surface area contributed by atoms with Crippen molar-refractivity contribution in [3.05, 3.63) is 98.1 Å². The fourth-order valence-corrected chi connectivity index (χ4v) is 2.86. The van der Waals surface area contributed by atoms with Crippen LogP contribution in [0.3, 0.4) is 0 Å². The lowest BCUT2D eigenvalue weighted by molar-refractivity contribution is -0.394. The number of nitrogens with one attached hydrogen (secondary N) is 1. The number of hydrogen-bond acceptors (Lipinski definition) is 8. The standard InChI is InChI=1S/C23H16N4O7/c1-33-22-12-15(11-16(14-24)23(28)25-17-5-3-2-4-6-17)7-9-21(22)34-20-10-8-18(26(29)30)13-19(20)27(31)32/h2-13H,1H3,(H,25,28)/b16-11-. The first-order valence-electron chi connectivity index (χ1n) is 9.59. The molecular formula is C23H16N4O7. The molecule has 0 radical (unpaired) electrons. The van der Waals surface area contributed by atoms with Gasteiger partial charge in [-0.15, -0.1) is 0 Å². The van der Waals surface area contributed by atoms with Gasteiger partial charge < -0.3 is 14.8 Å². The molecule has 34 heavy (non-hydrogen) atoms. The summed E-state index contributed by atoms with van der Waals surface area (Å²) < 4.78 is 10.9. The van der Waals surface area contributed by atoms with Crippen molar-refractivity contribution < 1.29 is 24.1 Å². The SMILES string of the molecule is COc1cc(/C=C(/C#N)C(=O)Nc2ccccc2)ccc1Oc1ccc([N+](=O)[O-])cc1[N+](=O)[O-]. The molecule has 0 heterocycles. The maximum absolute atomic E-state index is 12.4. The lowest BCUT2D eigenvalue weighted by Crippen LogP contribution is -2.13. The van der Waals surface area contributed by atoms with E-state index < -0.39 is 27.1 Å². The molecule has 1 amide bonds. The van der Waals surface area contributed by atoms with Gasteiger partial charge in [0.05, 0.1) is 23.0 Å². The van der Waals surface area contributed by atoms with Crippen molar-refractivity contribution in [3.63, 3.8) is 0 Å². The Bertz CT molecular complexity index is 1330. The van der Waals surface area contributed by atoms with Crippen molar-refractivity contribution in [1.29, 1.82) is 5.26 Å². The number of rotatable bonds is 8. The van der Waals surface area contributed by atoms with Gasteiger partial charge in [0.2, 0.25) is 5.75 Å². The molecule has 3 rings (SSSR count). The van der Waals surface area contributed by atoms with E-state index in [4.69, 9.17) is 9.47 Å². The quantitative estimate of drug-likeness (QED) is 0.216. The van der Waals surface area contributed by atoms with Gasteiger partial charge in [0.25, 0.3) is 11.6 Å². The van der Waals surface area contributed by atoms with Gasteiger partial charge in [0.1, 0.15) is 11.6 Å². The molecule has 0 aliphatic rings. The molecule has 0 aliphatic heterocycles. The first-order valence-corrected chi connectivity index (χ1v) is 9.59. The fraction of sp³-hybridized carbons (Fsp3) is 0.0435. The maximum atomic E-state index is 12.4. The molecule has 0 unspecified atom stereocenters. The van der Waals surface area contributed by atoms with Crippen LogP contribution in [0.5, 0.6) is 17.2 Å². The highest BCUT2D eigenvalue weighted by Gasteiger charge is 2.22. The van der Waals surface area contributed by atoms with E-state index in [1.54, 1.807) is 30.3 Å². The van der Waals surface area contributed by atoms with E-state index in [-0.39, 0.29) is 22.8 Å². The van der Waals surface area contributed by atoms with Gasteiger partial charge in [-0.3, -0.25) is 25.0 Å². The first kappa shape index (κ1) is 23.4. The topological polar surface area (TPSA) is 158 Å². The number of methoxy groups -OCH3 is 1. The molecule has 0 saturated heterocycles. The number of para-hydroxylation sites is 1. The van der Waals surface area contributed by atoms with Crippen LogP contribution in [0, 0.1) is 31.6 Å². The summed E-state index contributed by atoms with van der Waals surface area (Å²) >= 11 is 0. The number of carbonyl (C=O) groups excluding carboxylic acids is 1. The van der Waals surface area contributed by atoms with Crippen molar-refractivity contribution >= 4 is 29.0 Å². The Kier molecular flexibility index (Phi) is 7.15. The molecule has 0 fully saturated rings. The molecule has 0 aromatic heterocycles. The van der Waals surface area contributed by atoms with E-state index in [0.717, 1.165) is 18.2 Å². The van der Waals surface area contributed by atoms with Crippen molar-refractivity contribution in [2.24, 2.45) is 0 Å². The van der Waals surface area contributed by atoms with Crippen LogP contribution in [-0.2, 0) is 4.79 Å². The normalized spacial score (nSPS) is 10.6. The molecule has 0 aliphatic carbocycles. The average molecular weight is 460 g/mol. The zero-order valence-electron chi connectivity index (χ0n) is 17.6. The van der Waals surface area contributed by atoms with E-state index in [0.29, 0.717) is 11.3 Å². The minimum Gasteiger partial charge on any atom is -0.493 e. The van der Waals surface area contributed by atoms with E-state index in [1.807, 2.05) is 6.07 Å². The smallest absolute Gasteiger partial charge is 0.318 e. The third kappa shape index (κ3) is 5.51. The third-order valence-electron chi connectivity index (χ3n) is 4.47. The fourth-order valence-electron chi connectivity index (χ4n) is 2.86. The number of non-ortho nitro benzene ring substituents is 1. The monoisotopic (exact) mass is 460 g/mol. The van der Waals surface area contributed by atoms with Gasteiger partial charge in [-0.2, -0.15) is 5.26 Å². The van der Waals surface area contributed by atoms with Crippen LogP contribution < -0.4 is 14.8 Å². The number of benzene rings is 3. The summed E-state index contributed by atoms with van der Waals surface area (Å²) in [6.45, 7) is 0. The van der Waals surface area contributed by atoms with Gasteiger partial charge >= 0.3 is 5.69 Å². The molecular weight excluding hydrogens is 444 g/mol. The number of nitro groups is 2. The highest BCUT2D eigenvalue weighted by molar-refractivity contribution is 6.09. The van der Waals surface area contributed by atoms with Crippen LogP contribution in [0.4, 0.5) is 17.1 Å². The van der Waals surface area contributed by atoms with Crippen molar-refractivity contribution in [3.8, 4) is 23.3 Å². The number of amides is 1. The minimum absolute atomic E-state index is 0.0869. The molecule has 3 aromatic rings. The largest absolute Gasteiger partial charge is 0.493 e. The molecule has 11 nitrogen and oxygen atoms in total. The van der Waals surface area contributed by atoms with E-state index >= 15 is 0 Å². The molecule has 0 atom stereocenters. The second-order valence-electron chi connectivity index (χ2n) is 6.67. The zero-order chi connectivity index (χ0) is 24.7. The Morgan fingerprint density at radius 1 is 0.971 bits per heavy atom. The number of ether oxygens (including phenoxy) is 2. The third-order valence-corrected chi connectivity index (χ3v) is 4.47. The highest BCUT2D eigenvalue weighted by atomic mass is 16.6. The van der Waals surface area contributed by atoms with Crippen LogP contribution in [-0.4, -0.2) is 22.9 Å². The molecule has 11 heteroatoms. The Morgan fingerprint density at radius 2 is 1.68 bits per heavy atom. The molecule has 0 spiro atoms. The first-order chi connectivity index (χ1) is 16.3. The van der Waals surface area contributed by atoms with Crippen molar-refractivity contribution in [2.75, 3.05) is 12.4 Å². The van der Waals surface area contributed by atoms with Crippen LogP contribution in [0.25, 0.3) is 6.08 Å². The van der Waals surface area contributed by atoms with Gasteiger partial charge in [-0.05, 0) is 42.0 Å². The summed E-state index contributed by atoms with van der Waals surface area (Å²) in [5.74, 6) is -0.586. The van der Waals surface area contributed by atoms with Crippen molar-refractivity contribution in [2.45, 2.75) is 0 Å². The Morgan fingerprint density at radius 3 is 2.29 bits per heavy atom. The minimum atomic E-state index is -0.795. The van der Waals surface area contributed by atoms with E-state index in [9.17, 15) is 30.3 Å². The Labute approximate surface area is 192 Å². The summed E-state index contributed by atoms with van der Waals surface area (Å²) in [5, 5.41) is 34.3. The molecule has 3 aromatic carbocycles. The van der Waals surface area contributed by atoms with E-state index in [2.05, 4.69) is 5.32 Å². The summed E-state index contributed by atoms with van der Waals surface area (Å²) in [5.41, 5.74) is -0.249. The number of nitro benzene ring substituents is 2. The lowest BCUT2D eigenvalue weighted by atomic mass is 10.1. The number of carbonyl (C=O) groups is 1. The number of nitrogens with zero attached hydrogens (tertiary/aromatic N) is 3. The van der Waals surface area contributed by atoms with Gasteiger partial charge in [0.15, 0.2) is 11.5 Å². The molecule has 0 bridgehead atoms. The number of nitriles is 1. The maximum Gasteiger partial charge on any atom is 0.318 e. The highest BCUT2D eigenvalue weighted by Crippen LogP contribution is 2.38. The molecule has 170 valence electrons. The summed E-state index contributed by atoms with van der Waals surface area (Å²) in [6.07, 6.45) is 1.35. The van der Waals surface area contributed by atoms with Gasteiger partial charge in [-0.1, -0.05) is 24.3 Å². The molecule has 1 N–H and O–H groups in total. The Hall–Kier alpha value is -5.24. The predicted molar refractivity (Wildman–Crippen MR) is 121 cm³/mol. The zero-order valence-corrected chi connectivity index (χ0v) is 17.6. The predicted octanol–water partition coefficient (Wildman–Crippen LogP) is 4.85. The van der Waals surface area contributed by atoms with Crippen LogP contribution in [0.15, 0.2) is 72.3 Å². The molecule has 0 saturated carbocycles. The van der Waals surface area contributed by atoms with Crippen LogP contribution >= 0.6 is 0 Å². The van der Waals surface area contributed by atoms with Gasteiger partial charge in [-0.25, -0.2) is 0 Å². The lowest BCUT2D eigenvalue weighted by Gasteiger charge is -2.11. The number of hydrogen-bond donors (Lipinski definition) is 1. The second kappa shape index (κ2) is 10.4. The summed E-state index contributed by atoms with van der Waals surface area (Å²) in [7, 11) is 1.34. The van der Waals surface area contributed by atoms with E-state index in [1.165, 1.54) is 31.4 Å².